The second kappa shape index (κ2) is 6.28. The topological polar surface area (TPSA) is 62.2 Å². The average Bonchev–Trinajstić information content (AvgIpc) is 3.34. The zero-order valence-electron chi connectivity index (χ0n) is 16.9. The molecule has 0 bridgehead atoms. The molecule has 1 spiro atoms. The predicted molar refractivity (Wildman–Crippen MR) is 116 cm³/mol. The molecule has 0 aromatic heterocycles. The molecule has 3 aromatic rings. The number of hydrogen-bond acceptors (Lipinski definition) is 5. The van der Waals surface area contributed by atoms with Crippen LogP contribution in [-0.4, -0.2) is 22.5 Å². The van der Waals surface area contributed by atoms with Crippen molar-refractivity contribution in [2.75, 3.05) is 4.90 Å². The summed E-state index contributed by atoms with van der Waals surface area (Å²) in [4.78, 5) is 27.5. The number of hydrogen-bond donors (Lipinski definition) is 0. The number of ether oxygens (including phenoxy) is 1. The molecular formula is C25H19N3O3. The van der Waals surface area contributed by atoms with Crippen LogP contribution in [0.1, 0.15) is 36.1 Å². The molecule has 6 nitrogen and oxygen atoms in total. The van der Waals surface area contributed by atoms with Gasteiger partial charge in [0.1, 0.15) is 5.75 Å². The van der Waals surface area contributed by atoms with Gasteiger partial charge in [0, 0.05) is 18.9 Å². The number of benzene rings is 3. The minimum Gasteiger partial charge on any atom is -0.453 e. The molecule has 2 amide bonds. The van der Waals surface area contributed by atoms with Crippen molar-refractivity contribution in [1.82, 2.24) is 5.01 Å². The highest BCUT2D eigenvalue weighted by atomic mass is 16.5. The normalized spacial score (nSPS) is 23.2. The maximum Gasteiger partial charge on any atom is 0.307 e. The molecule has 6 heteroatoms. The van der Waals surface area contributed by atoms with Crippen LogP contribution in [0.4, 0.5) is 5.69 Å². The maximum absolute atomic E-state index is 13.8. The highest BCUT2D eigenvalue weighted by molar-refractivity contribution is 6.22. The van der Waals surface area contributed by atoms with Crippen LogP contribution < -0.4 is 9.64 Å². The SMILES string of the molecule is CC(=O)N1C(=O)C2(Oc3ccccc3C3CC(c4ccccc4)=NN32)c2ccccc21. The van der Waals surface area contributed by atoms with Crippen molar-refractivity contribution in [3.05, 3.63) is 95.6 Å². The summed E-state index contributed by atoms with van der Waals surface area (Å²) in [5.41, 5.74) is 2.53. The Kier molecular flexibility index (Phi) is 3.63. The summed E-state index contributed by atoms with van der Waals surface area (Å²) in [5, 5.41) is 6.69. The second-order valence-electron chi connectivity index (χ2n) is 7.94. The molecule has 0 radical (unpaired) electrons. The lowest BCUT2D eigenvalue weighted by Crippen LogP contribution is -2.57. The van der Waals surface area contributed by atoms with Crippen LogP contribution in [0.2, 0.25) is 0 Å². The van der Waals surface area contributed by atoms with Gasteiger partial charge in [-0.05, 0) is 17.7 Å². The molecule has 152 valence electrons. The Labute approximate surface area is 179 Å². The van der Waals surface area contributed by atoms with E-state index in [1.54, 1.807) is 11.1 Å². The Balaban J connectivity index is 1.61. The van der Waals surface area contributed by atoms with E-state index in [1.165, 1.54) is 11.8 Å². The highest BCUT2D eigenvalue weighted by Gasteiger charge is 2.63. The van der Waals surface area contributed by atoms with Crippen molar-refractivity contribution in [2.24, 2.45) is 5.10 Å². The minimum absolute atomic E-state index is 0.177. The van der Waals surface area contributed by atoms with E-state index < -0.39 is 11.6 Å². The number of carbonyl (C=O) groups is 2. The van der Waals surface area contributed by atoms with Crippen LogP contribution in [-0.2, 0) is 15.3 Å². The average molecular weight is 409 g/mol. The molecule has 0 saturated heterocycles. The number of hydrazone groups is 1. The molecule has 3 heterocycles. The van der Waals surface area contributed by atoms with E-state index in [-0.39, 0.29) is 11.9 Å². The Bertz CT molecular complexity index is 1270. The fourth-order valence-corrected chi connectivity index (χ4v) is 4.87. The van der Waals surface area contributed by atoms with Crippen LogP contribution >= 0.6 is 0 Å². The van der Waals surface area contributed by atoms with Gasteiger partial charge in [-0.25, -0.2) is 9.91 Å². The largest absolute Gasteiger partial charge is 0.453 e. The van der Waals surface area contributed by atoms with Crippen LogP contribution in [0.15, 0.2) is 84.0 Å². The first-order valence-corrected chi connectivity index (χ1v) is 10.3. The summed E-state index contributed by atoms with van der Waals surface area (Å²) < 4.78 is 6.47. The first-order valence-electron chi connectivity index (χ1n) is 10.3. The fraction of sp³-hybridized carbons (Fsp3) is 0.160. The third-order valence-electron chi connectivity index (χ3n) is 6.19. The lowest BCUT2D eigenvalue weighted by molar-refractivity contribution is -0.164. The molecule has 0 N–H and O–H groups in total. The van der Waals surface area contributed by atoms with E-state index in [0.717, 1.165) is 16.8 Å². The number of anilines is 1. The monoisotopic (exact) mass is 409 g/mol. The van der Waals surface area contributed by atoms with E-state index in [4.69, 9.17) is 9.84 Å². The molecule has 6 rings (SSSR count). The number of amides is 2. The van der Waals surface area contributed by atoms with E-state index in [0.29, 0.717) is 23.4 Å². The zero-order chi connectivity index (χ0) is 21.2. The number of imide groups is 1. The Morgan fingerprint density at radius 1 is 1.00 bits per heavy atom. The number of rotatable bonds is 1. The van der Waals surface area contributed by atoms with Crippen molar-refractivity contribution in [3.63, 3.8) is 0 Å². The highest BCUT2D eigenvalue weighted by Crippen LogP contribution is 2.55. The van der Waals surface area contributed by atoms with Gasteiger partial charge in [0.2, 0.25) is 5.91 Å². The van der Waals surface area contributed by atoms with Gasteiger partial charge in [0.05, 0.1) is 23.0 Å². The quantitative estimate of drug-likeness (QED) is 0.610. The first-order chi connectivity index (χ1) is 15.1. The summed E-state index contributed by atoms with van der Waals surface area (Å²) in [7, 11) is 0. The summed E-state index contributed by atoms with van der Waals surface area (Å²) in [6, 6.07) is 24.8. The van der Waals surface area contributed by atoms with Crippen molar-refractivity contribution < 1.29 is 14.3 Å². The summed E-state index contributed by atoms with van der Waals surface area (Å²) in [5.74, 6) is -0.139. The van der Waals surface area contributed by atoms with Crippen molar-refractivity contribution in [1.29, 1.82) is 0 Å². The van der Waals surface area contributed by atoms with Crippen LogP contribution in [0.5, 0.6) is 5.75 Å². The van der Waals surface area contributed by atoms with Gasteiger partial charge in [-0.1, -0.05) is 66.7 Å². The molecule has 0 saturated carbocycles. The zero-order valence-corrected chi connectivity index (χ0v) is 16.9. The summed E-state index contributed by atoms with van der Waals surface area (Å²) in [6.07, 6.45) is 0.641. The molecule has 31 heavy (non-hydrogen) atoms. The van der Waals surface area contributed by atoms with Crippen molar-refractivity contribution in [3.8, 4) is 5.75 Å². The predicted octanol–water partition coefficient (Wildman–Crippen LogP) is 3.98. The van der Waals surface area contributed by atoms with Crippen LogP contribution in [0.25, 0.3) is 0 Å². The first kappa shape index (κ1) is 17.9. The molecule has 2 unspecified atom stereocenters. The Morgan fingerprint density at radius 2 is 1.71 bits per heavy atom. The van der Waals surface area contributed by atoms with E-state index in [1.807, 2.05) is 72.8 Å². The number of para-hydroxylation sites is 2. The lowest BCUT2D eigenvalue weighted by Gasteiger charge is -2.44. The number of carbonyl (C=O) groups excluding carboxylic acids is 2. The fourth-order valence-electron chi connectivity index (χ4n) is 4.87. The minimum atomic E-state index is -1.52. The standard InChI is InChI=1S/C25H19N3O3/c1-16(29)27-21-13-7-6-12-19(21)25(24(27)30)28-22(18-11-5-8-14-23(18)31-25)15-20(26-28)17-9-3-2-4-10-17/h2-14,22H,15H2,1H3. The van der Waals surface area contributed by atoms with Crippen molar-refractivity contribution in [2.45, 2.75) is 25.1 Å². The summed E-state index contributed by atoms with van der Waals surface area (Å²) >= 11 is 0. The van der Waals surface area contributed by atoms with E-state index in [2.05, 4.69) is 0 Å². The van der Waals surface area contributed by atoms with E-state index in [9.17, 15) is 9.59 Å². The molecule has 3 aromatic carbocycles. The molecule has 0 aliphatic carbocycles. The Morgan fingerprint density at radius 3 is 2.52 bits per heavy atom. The van der Waals surface area contributed by atoms with Crippen LogP contribution in [0.3, 0.4) is 0 Å². The van der Waals surface area contributed by atoms with Gasteiger partial charge in [-0.15, -0.1) is 0 Å². The third-order valence-corrected chi connectivity index (χ3v) is 6.19. The lowest BCUT2D eigenvalue weighted by atomic mass is 9.92. The molecule has 3 aliphatic heterocycles. The smallest absolute Gasteiger partial charge is 0.307 e. The van der Waals surface area contributed by atoms with Gasteiger partial charge in [0.15, 0.2) is 0 Å². The molecule has 0 fully saturated rings. The van der Waals surface area contributed by atoms with Gasteiger partial charge in [0.25, 0.3) is 0 Å². The number of fused-ring (bicyclic) bond motifs is 6. The third kappa shape index (κ3) is 2.30. The maximum atomic E-state index is 13.8. The van der Waals surface area contributed by atoms with Gasteiger partial charge >= 0.3 is 11.6 Å². The van der Waals surface area contributed by atoms with Gasteiger partial charge in [-0.2, -0.15) is 5.10 Å². The molecule has 2 atom stereocenters. The molecule has 3 aliphatic rings. The van der Waals surface area contributed by atoms with Crippen LogP contribution in [0, 0.1) is 0 Å². The van der Waals surface area contributed by atoms with Crippen molar-refractivity contribution >= 4 is 23.2 Å². The second-order valence-corrected chi connectivity index (χ2v) is 7.94. The summed E-state index contributed by atoms with van der Waals surface area (Å²) in [6.45, 7) is 1.39. The number of nitrogens with zero attached hydrogens (tertiary/aromatic N) is 3. The molecular weight excluding hydrogens is 390 g/mol. The van der Waals surface area contributed by atoms with E-state index >= 15 is 0 Å². The van der Waals surface area contributed by atoms with Gasteiger partial charge in [-0.3, -0.25) is 9.59 Å². The Hall–Kier alpha value is -3.93. The van der Waals surface area contributed by atoms with Gasteiger partial charge < -0.3 is 4.74 Å².